The molecule has 0 aliphatic heterocycles. The Bertz CT molecular complexity index is 875. The number of amides is 1. The molecular weight excluding hydrogens is 403 g/mol. The summed E-state index contributed by atoms with van der Waals surface area (Å²) in [5, 5.41) is 4.78. The van der Waals surface area contributed by atoms with Crippen LogP contribution >= 0.6 is 34.5 Å². The predicted molar refractivity (Wildman–Crippen MR) is 103 cm³/mol. The van der Waals surface area contributed by atoms with Crippen LogP contribution in [0.3, 0.4) is 0 Å². The molecule has 0 unspecified atom stereocenters. The highest BCUT2D eigenvalue weighted by atomic mass is 35.5. The Morgan fingerprint density at radius 3 is 2.48 bits per heavy atom. The highest BCUT2D eigenvalue weighted by molar-refractivity contribution is 7.90. The SMILES string of the molecule is CS(=O)(=O)Cc1ccc(C(=NNC(=O)CCCl)c2ccc(Cl)cc2)s1. The second-order valence-corrected chi connectivity index (χ2v) is 9.40. The van der Waals surface area contributed by atoms with Crippen molar-refractivity contribution in [2.75, 3.05) is 12.1 Å². The zero-order valence-electron chi connectivity index (χ0n) is 13.3. The van der Waals surface area contributed by atoms with Crippen molar-refractivity contribution in [2.45, 2.75) is 12.2 Å². The first kappa shape index (κ1) is 19.9. The van der Waals surface area contributed by atoms with Gasteiger partial charge in [-0.25, -0.2) is 13.8 Å². The summed E-state index contributed by atoms with van der Waals surface area (Å²) in [4.78, 5) is 13.1. The summed E-state index contributed by atoms with van der Waals surface area (Å²) in [5.41, 5.74) is 3.76. The molecule has 0 radical (unpaired) electrons. The number of alkyl halides is 1. The molecule has 1 heterocycles. The molecule has 25 heavy (non-hydrogen) atoms. The molecule has 2 rings (SSSR count). The minimum Gasteiger partial charge on any atom is -0.273 e. The summed E-state index contributed by atoms with van der Waals surface area (Å²) >= 11 is 12.8. The summed E-state index contributed by atoms with van der Waals surface area (Å²) in [6.45, 7) is 0. The Balaban J connectivity index is 2.36. The number of benzene rings is 1. The predicted octanol–water partition coefficient (Wildman–Crippen LogP) is 3.44. The second kappa shape index (κ2) is 8.80. The minimum atomic E-state index is -3.12. The van der Waals surface area contributed by atoms with Crippen LogP contribution in [-0.4, -0.2) is 32.2 Å². The average Bonchev–Trinajstić information content (AvgIpc) is 2.95. The van der Waals surface area contributed by atoms with Gasteiger partial charge in [0.25, 0.3) is 0 Å². The molecule has 1 aromatic carbocycles. The van der Waals surface area contributed by atoms with Gasteiger partial charge in [0.05, 0.1) is 10.6 Å². The van der Waals surface area contributed by atoms with Gasteiger partial charge in [0.2, 0.25) is 5.91 Å². The Hall–Kier alpha value is -1.41. The van der Waals surface area contributed by atoms with Gasteiger partial charge in [-0.3, -0.25) is 4.79 Å². The van der Waals surface area contributed by atoms with Gasteiger partial charge in [0.1, 0.15) is 5.71 Å². The van der Waals surface area contributed by atoms with Crippen LogP contribution in [-0.2, 0) is 20.4 Å². The highest BCUT2D eigenvalue weighted by Gasteiger charge is 2.14. The van der Waals surface area contributed by atoms with Gasteiger partial charge in [-0.2, -0.15) is 5.10 Å². The molecule has 0 aliphatic rings. The van der Waals surface area contributed by atoms with Gasteiger partial charge in [-0.05, 0) is 24.3 Å². The van der Waals surface area contributed by atoms with E-state index >= 15 is 0 Å². The van der Waals surface area contributed by atoms with Crippen molar-refractivity contribution in [3.8, 4) is 0 Å². The molecule has 1 aromatic heterocycles. The summed E-state index contributed by atoms with van der Waals surface area (Å²) in [6.07, 6.45) is 1.34. The molecule has 1 amide bonds. The minimum absolute atomic E-state index is 0.0375. The maximum absolute atomic E-state index is 11.7. The van der Waals surface area contributed by atoms with Crippen molar-refractivity contribution in [1.29, 1.82) is 0 Å². The fraction of sp³-hybridized carbons (Fsp3) is 0.250. The summed E-state index contributed by atoms with van der Waals surface area (Å²) in [6, 6.07) is 10.5. The lowest BCUT2D eigenvalue weighted by atomic mass is 10.1. The number of hydrogen-bond acceptors (Lipinski definition) is 5. The van der Waals surface area contributed by atoms with Crippen LogP contribution in [0.4, 0.5) is 0 Å². The third kappa shape index (κ3) is 6.43. The first-order valence-corrected chi connectivity index (χ1v) is 11.0. The van der Waals surface area contributed by atoms with Gasteiger partial charge in [0.15, 0.2) is 9.84 Å². The molecule has 1 N–H and O–H groups in total. The molecule has 0 fully saturated rings. The number of rotatable bonds is 7. The number of nitrogens with one attached hydrogen (secondary N) is 1. The number of thiophene rings is 1. The standard InChI is InChI=1S/C16H16Cl2N2O3S2/c1-25(22,23)10-13-6-7-14(24-13)16(20-19-15(21)8-9-17)11-2-4-12(18)5-3-11/h2-7H,8-10H2,1H3,(H,19,21). The number of carbonyl (C=O) groups excluding carboxylic acids is 1. The Morgan fingerprint density at radius 2 is 1.88 bits per heavy atom. The Kier molecular flexibility index (Phi) is 7.01. The quantitative estimate of drug-likeness (QED) is 0.424. The van der Waals surface area contributed by atoms with Crippen molar-refractivity contribution in [1.82, 2.24) is 5.43 Å². The molecule has 0 spiro atoms. The van der Waals surface area contributed by atoms with E-state index in [-0.39, 0.29) is 24.0 Å². The first-order chi connectivity index (χ1) is 11.8. The largest absolute Gasteiger partial charge is 0.273 e. The highest BCUT2D eigenvalue weighted by Crippen LogP contribution is 2.23. The zero-order chi connectivity index (χ0) is 18.4. The molecule has 2 aromatic rings. The van der Waals surface area contributed by atoms with Gasteiger partial charge in [0, 0.05) is 34.0 Å². The average molecular weight is 419 g/mol. The molecule has 0 saturated heterocycles. The lowest BCUT2D eigenvalue weighted by Crippen LogP contribution is -2.20. The second-order valence-electron chi connectivity index (χ2n) is 5.28. The van der Waals surface area contributed by atoms with E-state index in [0.717, 1.165) is 10.4 Å². The molecule has 134 valence electrons. The smallest absolute Gasteiger partial charge is 0.241 e. The van der Waals surface area contributed by atoms with Gasteiger partial charge >= 0.3 is 0 Å². The number of nitrogens with zero attached hydrogens (tertiary/aromatic N) is 1. The lowest BCUT2D eigenvalue weighted by Gasteiger charge is -2.06. The number of hydrazone groups is 1. The van der Waals surface area contributed by atoms with Gasteiger partial charge in [-0.1, -0.05) is 23.7 Å². The van der Waals surface area contributed by atoms with E-state index < -0.39 is 9.84 Å². The maximum atomic E-state index is 11.7. The monoisotopic (exact) mass is 418 g/mol. The number of hydrogen-bond donors (Lipinski definition) is 1. The summed E-state index contributed by atoms with van der Waals surface area (Å²) < 4.78 is 22.9. The first-order valence-electron chi connectivity index (χ1n) is 7.24. The van der Waals surface area contributed by atoms with Crippen LogP contribution < -0.4 is 5.43 Å². The van der Waals surface area contributed by atoms with E-state index in [1.54, 1.807) is 36.4 Å². The van der Waals surface area contributed by atoms with Crippen LogP contribution in [0.1, 0.15) is 21.7 Å². The topological polar surface area (TPSA) is 75.6 Å². The zero-order valence-corrected chi connectivity index (χ0v) is 16.5. The number of sulfone groups is 1. The van der Waals surface area contributed by atoms with Crippen LogP contribution in [0.5, 0.6) is 0 Å². The van der Waals surface area contributed by atoms with Crippen molar-refractivity contribution in [3.63, 3.8) is 0 Å². The fourth-order valence-corrected chi connectivity index (χ4v) is 4.57. The van der Waals surface area contributed by atoms with E-state index in [0.29, 0.717) is 15.6 Å². The van der Waals surface area contributed by atoms with E-state index in [1.807, 2.05) is 0 Å². The van der Waals surface area contributed by atoms with E-state index in [1.165, 1.54) is 17.6 Å². The molecular formula is C16H16Cl2N2O3S2. The summed E-state index contributed by atoms with van der Waals surface area (Å²) in [5.74, 6) is -0.131. The number of carbonyl (C=O) groups is 1. The van der Waals surface area contributed by atoms with Crippen LogP contribution in [0.2, 0.25) is 5.02 Å². The molecule has 0 saturated carbocycles. The molecule has 0 atom stereocenters. The third-order valence-corrected chi connectivity index (χ3v) is 5.58. The van der Waals surface area contributed by atoms with Crippen LogP contribution in [0, 0.1) is 0 Å². The van der Waals surface area contributed by atoms with Gasteiger partial charge < -0.3 is 0 Å². The van der Waals surface area contributed by atoms with Gasteiger partial charge in [-0.15, -0.1) is 22.9 Å². The Labute approximate surface area is 160 Å². The normalized spacial score (nSPS) is 12.2. The maximum Gasteiger partial charge on any atom is 0.241 e. The Morgan fingerprint density at radius 1 is 1.20 bits per heavy atom. The van der Waals surface area contributed by atoms with E-state index in [4.69, 9.17) is 23.2 Å². The lowest BCUT2D eigenvalue weighted by molar-refractivity contribution is -0.120. The molecule has 0 aliphatic carbocycles. The van der Waals surface area contributed by atoms with Crippen molar-refractivity contribution in [2.24, 2.45) is 5.10 Å². The van der Waals surface area contributed by atoms with Crippen molar-refractivity contribution in [3.05, 3.63) is 56.7 Å². The van der Waals surface area contributed by atoms with Crippen LogP contribution in [0.25, 0.3) is 0 Å². The number of halogens is 2. The molecule has 9 heteroatoms. The van der Waals surface area contributed by atoms with Crippen molar-refractivity contribution < 1.29 is 13.2 Å². The summed E-state index contributed by atoms with van der Waals surface area (Å²) in [7, 11) is -3.12. The molecule has 0 bridgehead atoms. The van der Waals surface area contributed by atoms with E-state index in [2.05, 4.69) is 10.5 Å². The van der Waals surface area contributed by atoms with Crippen LogP contribution in [0.15, 0.2) is 41.5 Å². The fourth-order valence-electron chi connectivity index (χ4n) is 1.97. The van der Waals surface area contributed by atoms with E-state index in [9.17, 15) is 13.2 Å². The van der Waals surface area contributed by atoms with Crippen molar-refractivity contribution >= 4 is 56.0 Å². The molecule has 5 nitrogen and oxygen atoms in total. The third-order valence-electron chi connectivity index (χ3n) is 3.03.